The standard InChI is InChI=1S/C10H12N5O7P.C10H13N5O5.H3O4P/c11-10-13-7-4(8(17)14-10)12-2-15(7)9-5(16)6-3(21-9)1-20-23(18,19)22-6;11-10-13-7-4(8(19)14-10)12-2-15(7)9-6(18)5(17)3(1-16)20-9;1-5(2,3)4/h2-3,5-6,9,16H,1H2,(H,18,19)(H3,11,13,14,17);2-3,5-6,9,16-18H,1H2,(H3,11,13,14,19);(H3,1,2,3,4)/t2*3-,5-,6-,9-;/m11./s1. The van der Waals surface area contributed by atoms with Gasteiger partial charge in [0.05, 0.1) is 25.9 Å². The van der Waals surface area contributed by atoms with E-state index in [0.717, 1.165) is 0 Å². The maximum absolute atomic E-state index is 11.8. The van der Waals surface area contributed by atoms with Crippen molar-refractivity contribution in [3.63, 3.8) is 0 Å². The molecule has 0 aromatic carbocycles. The number of phosphoric ester groups is 1. The van der Waals surface area contributed by atoms with Gasteiger partial charge in [-0.1, -0.05) is 0 Å². The summed E-state index contributed by atoms with van der Waals surface area (Å²) < 4.78 is 43.4. The van der Waals surface area contributed by atoms with Crippen molar-refractivity contribution >= 4 is 49.9 Å². The predicted octanol–water partition coefficient (Wildman–Crippen LogP) is -5.14. The Morgan fingerprint density at radius 2 is 1.38 bits per heavy atom. The molecule has 3 aliphatic heterocycles. The first-order chi connectivity index (χ1) is 22.4. The molecule has 0 bridgehead atoms. The lowest BCUT2D eigenvalue weighted by molar-refractivity contribution is -0.0664. The Bertz CT molecular complexity index is 2000. The Kier molecular flexibility index (Phi) is 9.86. The van der Waals surface area contributed by atoms with Crippen molar-refractivity contribution in [2.45, 2.75) is 49.1 Å². The van der Waals surface area contributed by atoms with Crippen LogP contribution in [0, 0.1) is 0 Å². The number of hydrogen-bond acceptors (Lipinski definition) is 18. The third-order valence-corrected chi connectivity index (χ3v) is 7.92. The lowest BCUT2D eigenvalue weighted by Gasteiger charge is -2.27. The normalized spacial score (nSPS) is 31.6. The number of nitrogens with zero attached hydrogens (tertiary/aromatic N) is 6. The van der Waals surface area contributed by atoms with Crippen molar-refractivity contribution in [2.24, 2.45) is 0 Å². The fourth-order valence-electron chi connectivity index (χ4n) is 4.93. The van der Waals surface area contributed by atoms with E-state index in [2.05, 4.69) is 34.4 Å². The summed E-state index contributed by atoms with van der Waals surface area (Å²) in [4.78, 5) is 74.7. The number of imidazole rings is 2. The largest absolute Gasteiger partial charge is 0.472 e. The number of aliphatic hydroxyl groups is 4. The number of phosphoric acid groups is 2. The summed E-state index contributed by atoms with van der Waals surface area (Å²) in [5, 5.41) is 39.1. The molecule has 0 saturated carbocycles. The number of H-pyrrole nitrogens is 2. The number of nitrogens with two attached hydrogens (primary N) is 2. The maximum atomic E-state index is 11.8. The molecule has 14 N–H and O–H groups in total. The highest BCUT2D eigenvalue weighted by Crippen LogP contribution is 2.52. The van der Waals surface area contributed by atoms with Crippen LogP contribution >= 0.6 is 15.6 Å². The average molecular weight is 726 g/mol. The summed E-state index contributed by atoms with van der Waals surface area (Å²) in [6, 6.07) is 0. The topological polar surface area (TPSA) is 412 Å². The molecule has 4 aromatic heterocycles. The molecule has 0 radical (unpaired) electrons. The lowest BCUT2D eigenvalue weighted by atomic mass is 10.1. The van der Waals surface area contributed by atoms with Crippen molar-refractivity contribution < 1.29 is 67.7 Å². The summed E-state index contributed by atoms with van der Waals surface area (Å²) in [5.74, 6) is -0.218. The lowest BCUT2D eigenvalue weighted by Crippen LogP contribution is -2.39. The number of rotatable bonds is 3. The van der Waals surface area contributed by atoms with Crippen LogP contribution in [0.25, 0.3) is 22.3 Å². The average Bonchev–Trinajstić information content (AvgIpc) is 3.73. The molecule has 3 fully saturated rings. The fraction of sp³-hybridized carbons (Fsp3) is 0.500. The second-order valence-corrected chi connectivity index (χ2v) is 12.6. The van der Waals surface area contributed by atoms with E-state index < -0.39 is 82.5 Å². The van der Waals surface area contributed by atoms with Gasteiger partial charge in [0.1, 0.15) is 36.6 Å². The van der Waals surface area contributed by atoms with Crippen molar-refractivity contribution in [2.75, 3.05) is 24.7 Å². The van der Waals surface area contributed by atoms with Crippen molar-refractivity contribution in [3.8, 4) is 0 Å². The Hall–Kier alpha value is -3.72. The fourth-order valence-corrected chi connectivity index (χ4v) is 5.90. The first kappa shape index (κ1) is 35.6. The van der Waals surface area contributed by atoms with E-state index in [0.29, 0.717) is 0 Å². The van der Waals surface area contributed by atoms with E-state index >= 15 is 0 Å². The van der Waals surface area contributed by atoms with Gasteiger partial charge in [-0.25, -0.2) is 19.1 Å². The van der Waals surface area contributed by atoms with Crippen molar-refractivity contribution in [1.82, 2.24) is 39.0 Å². The van der Waals surface area contributed by atoms with Crippen LogP contribution in [0.5, 0.6) is 0 Å². The molecule has 3 saturated heterocycles. The highest BCUT2D eigenvalue weighted by Gasteiger charge is 2.52. The van der Waals surface area contributed by atoms with Crippen LogP contribution in [0.3, 0.4) is 0 Å². The minimum absolute atomic E-state index is 0.0230. The minimum Gasteiger partial charge on any atom is -0.394 e. The molecule has 7 rings (SSSR count). The molecule has 7 heterocycles. The Morgan fingerprint density at radius 1 is 0.896 bits per heavy atom. The molecule has 0 aliphatic carbocycles. The summed E-state index contributed by atoms with van der Waals surface area (Å²) >= 11 is 0. The number of aliphatic hydroxyl groups excluding tert-OH is 4. The van der Waals surface area contributed by atoms with Gasteiger partial charge < -0.3 is 60.9 Å². The van der Waals surface area contributed by atoms with Gasteiger partial charge in [0.15, 0.2) is 34.8 Å². The molecular weight excluding hydrogens is 698 g/mol. The van der Waals surface area contributed by atoms with E-state index in [9.17, 15) is 34.4 Å². The second-order valence-electron chi connectivity index (χ2n) is 10.2. The molecular formula is C20H28N10O16P2. The third kappa shape index (κ3) is 7.31. The number of nitrogen functional groups attached to an aromatic ring is 2. The first-order valence-corrected chi connectivity index (χ1v) is 16.3. The highest BCUT2D eigenvalue weighted by molar-refractivity contribution is 7.47. The van der Waals surface area contributed by atoms with Crippen molar-refractivity contribution in [3.05, 3.63) is 33.4 Å². The molecule has 26 nitrogen and oxygen atoms in total. The summed E-state index contributed by atoms with van der Waals surface area (Å²) in [6.45, 7) is -0.660. The Labute approximate surface area is 264 Å². The van der Waals surface area contributed by atoms with Crippen LogP contribution in [0.15, 0.2) is 22.2 Å². The molecule has 4 aromatic rings. The van der Waals surface area contributed by atoms with Gasteiger partial charge in [0, 0.05) is 0 Å². The Balaban J connectivity index is 0.000000166. The van der Waals surface area contributed by atoms with E-state index in [1.165, 1.54) is 21.8 Å². The molecule has 3 aliphatic rings. The van der Waals surface area contributed by atoms with Crippen LogP contribution < -0.4 is 22.6 Å². The highest BCUT2D eigenvalue weighted by atomic mass is 31.2. The van der Waals surface area contributed by atoms with Crippen LogP contribution in [0.1, 0.15) is 12.5 Å². The van der Waals surface area contributed by atoms with E-state index in [4.69, 9.17) is 49.8 Å². The van der Waals surface area contributed by atoms with Gasteiger partial charge in [-0.3, -0.25) is 37.7 Å². The van der Waals surface area contributed by atoms with Gasteiger partial charge in [0.25, 0.3) is 11.1 Å². The summed E-state index contributed by atoms with van der Waals surface area (Å²) in [6.07, 6.45) is -6.07. The monoisotopic (exact) mass is 726 g/mol. The number of hydrogen-bond donors (Lipinski definition) is 12. The van der Waals surface area contributed by atoms with Gasteiger partial charge in [-0.15, -0.1) is 0 Å². The van der Waals surface area contributed by atoms with Gasteiger partial charge in [-0.05, 0) is 0 Å². The number of ether oxygens (including phenoxy) is 2. The number of aromatic nitrogens is 8. The summed E-state index contributed by atoms with van der Waals surface area (Å²) in [5.41, 5.74) is 10.2. The predicted molar refractivity (Wildman–Crippen MR) is 153 cm³/mol. The van der Waals surface area contributed by atoms with Crippen LogP contribution in [-0.4, -0.2) is 129 Å². The molecule has 0 spiro atoms. The molecule has 0 amide bonds. The number of aromatic amines is 2. The van der Waals surface area contributed by atoms with Gasteiger partial charge in [0.2, 0.25) is 11.9 Å². The van der Waals surface area contributed by atoms with E-state index in [-0.39, 0.29) is 40.8 Å². The third-order valence-electron chi connectivity index (χ3n) is 6.93. The van der Waals surface area contributed by atoms with Crippen LogP contribution in [0.4, 0.5) is 11.9 Å². The molecule has 48 heavy (non-hydrogen) atoms. The smallest absolute Gasteiger partial charge is 0.394 e. The quantitative estimate of drug-likeness (QED) is 0.0878. The zero-order valence-electron chi connectivity index (χ0n) is 23.8. The number of fused-ring (bicyclic) bond motifs is 3. The van der Waals surface area contributed by atoms with Crippen LogP contribution in [0.2, 0.25) is 0 Å². The zero-order valence-corrected chi connectivity index (χ0v) is 25.6. The van der Waals surface area contributed by atoms with Crippen LogP contribution in [-0.2, 0) is 27.7 Å². The van der Waals surface area contributed by atoms with Gasteiger partial charge in [-0.2, -0.15) is 9.97 Å². The zero-order chi connectivity index (χ0) is 35.3. The number of anilines is 2. The maximum Gasteiger partial charge on any atom is 0.472 e. The Morgan fingerprint density at radius 3 is 1.83 bits per heavy atom. The molecule has 1 unspecified atom stereocenters. The van der Waals surface area contributed by atoms with Gasteiger partial charge >= 0.3 is 15.6 Å². The van der Waals surface area contributed by atoms with E-state index in [1.54, 1.807) is 0 Å². The van der Waals surface area contributed by atoms with E-state index in [1.807, 2.05) is 0 Å². The summed E-state index contributed by atoms with van der Waals surface area (Å²) in [7, 11) is -8.86. The SMILES string of the molecule is Nc1nc2c(ncn2[C@@H]2O[C@@H]3COP(=O)(O)O[C@H]3[C@H]2O)c(=O)[nH]1.Nc1nc2c(ncn2[C@@H]2O[C@H](CO)[C@@H](O)[C@H]2O)c(=O)[nH]1.O=P(O)(O)O. The first-order valence-electron chi connectivity index (χ1n) is 13.2. The van der Waals surface area contributed by atoms with Crippen molar-refractivity contribution in [1.29, 1.82) is 0 Å². The molecule has 28 heteroatoms. The molecule has 9 atom stereocenters. The molecule has 264 valence electrons. The minimum atomic E-state index is -4.64. The number of nitrogens with one attached hydrogen (secondary N) is 2. The second kappa shape index (κ2) is 13.3.